The van der Waals surface area contributed by atoms with Gasteiger partial charge in [-0.25, -0.2) is 0 Å². The van der Waals surface area contributed by atoms with E-state index in [9.17, 15) is 4.57 Å². The van der Waals surface area contributed by atoms with E-state index in [1.165, 1.54) is 7.11 Å². The van der Waals surface area contributed by atoms with Crippen molar-refractivity contribution in [2.45, 2.75) is 0 Å². The van der Waals surface area contributed by atoms with Crippen molar-refractivity contribution < 1.29 is 14.0 Å². The Morgan fingerprint density at radius 1 is 1.58 bits per heavy atom. The molecule has 1 aliphatic heterocycles. The molecule has 0 amide bonds. The summed E-state index contributed by atoms with van der Waals surface area (Å²) in [6.45, 7) is 2.53. The van der Waals surface area contributed by atoms with Gasteiger partial charge >= 0.3 is 7.60 Å². The van der Waals surface area contributed by atoms with Gasteiger partial charge in [-0.05, 0) is 7.05 Å². The highest BCUT2D eigenvalue weighted by Crippen LogP contribution is 2.41. The Morgan fingerprint density at radius 2 is 2.25 bits per heavy atom. The van der Waals surface area contributed by atoms with Gasteiger partial charge in [-0.1, -0.05) is 0 Å². The molecule has 0 saturated carbocycles. The van der Waals surface area contributed by atoms with Crippen LogP contribution in [-0.4, -0.2) is 54.9 Å². The van der Waals surface area contributed by atoms with Crippen molar-refractivity contribution in [2.24, 2.45) is 0 Å². The summed E-state index contributed by atoms with van der Waals surface area (Å²) in [4.78, 5) is 13.1. The molecular formula is C6H15N2O3P. The Labute approximate surface area is 72.4 Å². The van der Waals surface area contributed by atoms with E-state index in [1.807, 2.05) is 11.9 Å². The van der Waals surface area contributed by atoms with Gasteiger partial charge in [-0.2, -0.15) is 0 Å². The summed E-state index contributed by atoms with van der Waals surface area (Å²) in [6.07, 6.45) is 0.133. The van der Waals surface area contributed by atoms with Crippen LogP contribution in [0.2, 0.25) is 0 Å². The smallest absolute Gasteiger partial charge is 0.323 e. The number of nitrogens with zero attached hydrogens (tertiary/aromatic N) is 2. The lowest BCUT2D eigenvalue weighted by Crippen LogP contribution is -2.24. The minimum absolute atomic E-state index is 0.133. The highest BCUT2D eigenvalue weighted by atomic mass is 31.2. The minimum atomic E-state index is -3.35. The van der Waals surface area contributed by atoms with Gasteiger partial charge in [0.15, 0.2) is 0 Å². The minimum Gasteiger partial charge on any atom is -0.323 e. The van der Waals surface area contributed by atoms with Crippen molar-refractivity contribution in [1.29, 1.82) is 0 Å². The summed E-state index contributed by atoms with van der Waals surface area (Å²) >= 11 is 0. The molecule has 0 radical (unpaired) electrons. The van der Waals surface area contributed by atoms with E-state index in [0.29, 0.717) is 0 Å². The van der Waals surface area contributed by atoms with Crippen LogP contribution in [0.4, 0.5) is 0 Å². The first-order chi connectivity index (χ1) is 5.53. The first kappa shape index (κ1) is 10.2. The average molecular weight is 194 g/mol. The van der Waals surface area contributed by atoms with E-state index in [1.54, 1.807) is 0 Å². The van der Waals surface area contributed by atoms with Crippen LogP contribution in [0, 0.1) is 0 Å². The van der Waals surface area contributed by atoms with Crippen molar-refractivity contribution in [3.63, 3.8) is 0 Å². The second kappa shape index (κ2) is 3.85. The Balaban J connectivity index is 2.37. The number of hydrogen-bond donors (Lipinski definition) is 1. The van der Waals surface area contributed by atoms with Gasteiger partial charge in [0.2, 0.25) is 0 Å². The van der Waals surface area contributed by atoms with Gasteiger partial charge in [-0.15, -0.1) is 0 Å². The van der Waals surface area contributed by atoms with Crippen molar-refractivity contribution in [3.05, 3.63) is 0 Å². The second-order valence-electron chi connectivity index (χ2n) is 3.08. The Kier molecular flexibility index (Phi) is 3.26. The maximum absolute atomic E-state index is 11.1. The molecule has 0 aromatic rings. The lowest BCUT2D eigenvalue weighted by atomic mass is 10.6. The van der Waals surface area contributed by atoms with Crippen LogP contribution < -0.4 is 0 Å². The molecule has 0 spiro atoms. The van der Waals surface area contributed by atoms with Crippen molar-refractivity contribution in [1.82, 2.24) is 9.80 Å². The van der Waals surface area contributed by atoms with Gasteiger partial charge in [0.25, 0.3) is 0 Å². The first-order valence-corrected chi connectivity index (χ1v) is 5.58. The molecule has 1 saturated heterocycles. The third-order valence-corrected chi connectivity index (χ3v) is 3.23. The van der Waals surface area contributed by atoms with Crippen LogP contribution in [0.25, 0.3) is 0 Å². The summed E-state index contributed by atoms with van der Waals surface area (Å²) in [5.41, 5.74) is 0. The van der Waals surface area contributed by atoms with E-state index >= 15 is 0 Å². The predicted octanol–water partition coefficient (Wildman–Crippen LogP) is -0.0194. The summed E-state index contributed by atoms with van der Waals surface area (Å²) in [5.74, 6) is 0. The summed E-state index contributed by atoms with van der Waals surface area (Å²) in [7, 11) is -0.104. The first-order valence-electron chi connectivity index (χ1n) is 3.82. The van der Waals surface area contributed by atoms with Gasteiger partial charge in [0.05, 0.1) is 6.67 Å². The van der Waals surface area contributed by atoms with Crippen LogP contribution in [0.3, 0.4) is 0 Å². The standard InChI is InChI=1S/C6H15N2O3P/c1-7-3-4-8(5-7)6-12(9,10)11-2/h3-6H2,1-2H3,(H,9,10). The molecule has 1 atom stereocenters. The zero-order valence-electron chi connectivity index (χ0n) is 7.43. The fourth-order valence-corrected chi connectivity index (χ4v) is 2.07. The molecule has 0 aromatic carbocycles. The highest BCUT2D eigenvalue weighted by Gasteiger charge is 2.25. The average Bonchev–Trinajstić information content (AvgIpc) is 2.35. The van der Waals surface area contributed by atoms with E-state index in [4.69, 9.17) is 4.89 Å². The Hall–Kier alpha value is 0.0700. The van der Waals surface area contributed by atoms with Gasteiger partial charge in [-0.3, -0.25) is 14.4 Å². The largest absolute Gasteiger partial charge is 0.341 e. The Bertz CT molecular complexity index is 199. The molecule has 1 rings (SSSR count). The molecule has 0 aromatic heterocycles. The second-order valence-corrected chi connectivity index (χ2v) is 5.00. The molecule has 72 valence electrons. The lowest BCUT2D eigenvalue weighted by molar-refractivity contribution is 0.258. The van der Waals surface area contributed by atoms with Crippen LogP contribution >= 0.6 is 7.60 Å². The molecule has 1 unspecified atom stereocenters. The van der Waals surface area contributed by atoms with E-state index in [2.05, 4.69) is 9.42 Å². The third kappa shape index (κ3) is 2.84. The van der Waals surface area contributed by atoms with Crippen molar-refractivity contribution in [3.8, 4) is 0 Å². The zero-order valence-corrected chi connectivity index (χ0v) is 8.33. The Morgan fingerprint density at radius 3 is 2.67 bits per heavy atom. The maximum Gasteiger partial charge on any atom is 0.341 e. The summed E-state index contributed by atoms with van der Waals surface area (Å²) in [5, 5.41) is 0. The predicted molar refractivity (Wildman–Crippen MR) is 45.9 cm³/mol. The third-order valence-electron chi connectivity index (χ3n) is 1.90. The van der Waals surface area contributed by atoms with Crippen LogP contribution in [-0.2, 0) is 9.09 Å². The van der Waals surface area contributed by atoms with Crippen molar-refractivity contribution in [2.75, 3.05) is 40.2 Å². The van der Waals surface area contributed by atoms with E-state index < -0.39 is 7.60 Å². The number of likely N-dealkylation sites (N-methyl/N-ethyl adjacent to an activating group) is 1. The van der Waals surface area contributed by atoms with E-state index in [-0.39, 0.29) is 6.29 Å². The van der Waals surface area contributed by atoms with Crippen LogP contribution in [0.15, 0.2) is 0 Å². The molecule has 1 heterocycles. The molecule has 1 fully saturated rings. The van der Waals surface area contributed by atoms with Crippen LogP contribution in [0.1, 0.15) is 0 Å². The molecule has 1 aliphatic rings. The highest BCUT2D eigenvalue weighted by molar-refractivity contribution is 7.52. The molecule has 5 nitrogen and oxygen atoms in total. The molecule has 12 heavy (non-hydrogen) atoms. The fraction of sp³-hybridized carbons (Fsp3) is 1.00. The molecule has 0 aliphatic carbocycles. The lowest BCUT2D eigenvalue weighted by Gasteiger charge is -2.17. The molecule has 1 N–H and O–H groups in total. The maximum atomic E-state index is 11.1. The van der Waals surface area contributed by atoms with Crippen LogP contribution in [0.5, 0.6) is 0 Å². The van der Waals surface area contributed by atoms with Gasteiger partial charge < -0.3 is 9.42 Å². The topological polar surface area (TPSA) is 53.0 Å². The summed E-state index contributed by atoms with van der Waals surface area (Å²) in [6, 6.07) is 0. The van der Waals surface area contributed by atoms with E-state index in [0.717, 1.165) is 19.8 Å². The van der Waals surface area contributed by atoms with Gasteiger partial charge in [0, 0.05) is 20.2 Å². The zero-order chi connectivity index (χ0) is 9.19. The molecule has 6 heteroatoms. The number of hydrogen-bond acceptors (Lipinski definition) is 4. The molecular weight excluding hydrogens is 179 g/mol. The molecule has 0 bridgehead atoms. The normalized spacial score (nSPS) is 25.9. The van der Waals surface area contributed by atoms with Crippen molar-refractivity contribution >= 4 is 7.60 Å². The SMILES string of the molecule is COP(=O)(O)CN1CCN(C)C1. The fourth-order valence-electron chi connectivity index (χ4n) is 1.22. The number of rotatable bonds is 3. The van der Waals surface area contributed by atoms with Gasteiger partial charge in [0.1, 0.15) is 6.29 Å². The summed E-state index contributed by atoms with van der Waals surface area (Å²) < 4.78 is 15.6. The quantitative estimate of drug-likeness (QED) is 0.640. The monoisotopic (exact) mass is 194 g/mol.